The average Bonchev–Trinajstić information content (AvgIpc) is 2.33. The van der Waals surface area contributed by atoms with Crippen LogP contribution in [0.2, 0.25) is 0 Å². The van der Waals surface area contributed by atoms with E-state index in [4.69, 9.17) is 9.84 Å². The summed E-state index contributed by atoms with van der Waals surface area (Å²) in [7, 11) is 0. The lowest BCUT2D eigenvalue weighted by Gasteiger charge is -2.26. The van der Waals surface area contributed by atoms with Gasteiger partial charge in [0, 0.05) is 0 Å². The minimum Gasteiger partial charge on any atom is -0.504 e. The number of carbonyl (C=O) groups is 1. The summed E-state index contributed by atoms with van der Waals surface area (Å²) in [6.45, 7) is 0. The second-order valence-corrected chi connectivity index (χ2v) is 4.40. The molecule has 1 saturated carbocycles. The maximum atomic E-state index is 10.8. The summed E-state index contributed by atoms with van der Waals surface area (Å²) >= 11 is 0. The molecule has 1 aromatic rings. The molecule has 1 aliphatic rings. The van der Waals surface area contributed by atoms with Crippen LogP contribution in [0.25, 0.3) is 0 Å². The van der Waals surface area contributed by atoms with Gasteiger partial charge < -0.3 is 14.9 Å². The third-order valence-electron chi connectivity index (χ3n) is 3.18. The number of benzene rings is 1. The standard InChI is InChI=1S/C13H16O4/c14-11-3-1-2-4-12(11)17-10-7-5-9(6-8-10)13(15)16/h1-4,9-10,14H,5-8H2,(H,15,16). The molecular formula is C13H16O4. The van der Waals surface area contributed by atoms with Crippen LogP contribution in [0.4, 0.5) is 0 Å². The van der Waals surface area contributed by atoms with Gasteiger partial charge in [0.25, 0.3) is 0 Å². The molecule has 0 atom stereocenters. The Kier molecular flexibility index (Phi) is 3.52. The first-order chi connectivity index (χ1) is 8.16. The molecule has 2 rings (SSSR count). The van der Waals surface area contributed by atoms with Crippen LogP contribution in [0.5, 0.6) is 11.5 Å². The van der Waals surface area contributed by atoms with Crippen LogP contribution < -0.4 is 4.74 Å². The van der Waals surface area contributed by atoms with Crippen molar-refractivity contribution < 1.29 is 19.7 Å². The summed E-state index contributed by atoms with van der Waals surface area (Å²) in [6.07, 6.45) is 2.76. The minimum atomic E-state index is -0.717. The molecule has 0 heterocycles. The fourth-order valence-corrected chi connectivity index (χ4v) is 2.16. The van der Waals surface area contributed by atoms with Crippen molar-refractivity contribution in [2.45, 2.75) is 31.8 Å². The van der Waals surface area contributed by atoms with Crippen LogP contribution in [0.3, 0.4) is 0 Å². The van der Waals surface area contributed by atoms with Crippen LogP contribution in [-0.2, 0) is 4.79 Å². The van der Waals surface area contributed by atoms with Gasteiger partial charge in [-0.3, -0.25) is 4.79 Å². The van der Waals surface area contributed by atoms with E-state index in [1.54, 1.807) is 24.3 Å². The Morgan fingerprint density at radius 2 is 1.82 bits per heavy atom. The van der Waals surface area contributed by atoms with Gasteiger partial charge in [0.15, 0.2) is 11.5 Å². The molecule has 0 unspecified atom stereocenters. The normalized spacial score (nSPS) is 24.2. The zero-order chi connectivity index (χ0) is 12.3. The van der Waals surface area contributed by atoms with Crippen molar-refractivity contribution in [3.63, 3.8) is 0 Å². The van der Waals surface area contributed by atoms with Crippen LogP contribution in [-0.4, -0.2) is 22.3 Å². The first kappa shape index (κ1) is 11.8. The van der Waals surface area contributed by atoms with E-state index in [9.17, 15) is 9.90 Å². The molecule has 0 aromatic heterocycles. The molecule has 17 heavy (non-hydrogen) atoms. The maximum absolute atomic E-state index is 10.8. The Morgan fingerprint density at radius 3 is 2.41 bits per heavy atom. The van der Waals surface area contributed by atoms with Crippen molar-refractivity contribution in [2.24, 2.45) is 5.92 Å². The number of phenolic OH excluding ortho intramolecular Hbond substituents is 1. The van der Waals surface area contributed by atoms with Crippen molar-refractivity contribution >= 4 is 5.97 Å². The number of aliphatic carboxylic acids is 1. The maximum Gasteiger partial charge on any atom is 0.306 e. The fraction of sp³-hybridized carbons (Fsp3) is 0.462. The number of rotatable bonds is 3. The zero-order valence-corrected chi connectivity index (χ0v) is 9.50. The SMILES string of the molecule is O=C(O)C1CCC(Oc2ccccc2O)CC1. The Hall–Kier alpha value is -1.71. The van der Waals surface area contributed by atoms with E-state index in [0.717, 1.165) is 12.8 Å². The predicted octanol–water partition coefficient (Wildman–Crippen LogP) is 2.41. The summed E-state index contributed by atoms with van der Waals surface area (Å²) in [5, 5.41) is 18.4. The monoisotopic (exact) mass is 236 g/mol. The molecule has 0 radical (unpaired) electrons. The topological polar surface area (TPSA) is 66.8 Å². The number of ether oxygens (including phenoxy) is 1. The highest BCUT2D eigenvalue weighted by atomic mass is 16.5. The van der Waals surface area contributed by atoms with Crippen molar-refractivity contribution in [3.8, 4) is 11.5 Å². The van der Waals surface area contributed by atoms with Gasteiger partial charge in [-0.05, 0) is 37.8 Å². The van der Waals surface area contributed by atoms with E-state index in [-0.39, 0.29) is 17.8 Å². The first-order valence-corrected chi connectivity index (χ1v) is 5.84. The Bertz CT molecular complexity index is 394. The molecule has 92 valence electrons. The van der Waals surface area contributed by atoms with Crippen molar-refractivity contribution in [1.29, 1.82) is 0 Å². The second-order valence-electron chi connectivity index (χ2n) is 4.40. The van der Waals surface area contributed by atoms with Crippen molar-refractivity contribution in [1.82, 2.24) is 0 Å². The van der Waals surface area contributed by atoms with Gasteiger partial charge in [-0.15, -0.1) is 0 Å². The molecule has 4 heteroatoms. The van der Waals surface area contributed by atoms with E-state index >= 15 is 0 Å². The Labute approximate surface area is 99.8 Å². The number of hydrogen-bond donors (Lipinski definition) is 2. The largest absolute Gasteiger partial charge is 0.504 e. The number of phenols is 1. The van der Waals surface area contributed by atoms with E-state index in [1.165, 1.54) is 0 Å². The fourth-order valence-electron chi connectivity index (χ4n) is 2.16. The van der Waals surface area contributed by atoms with Crippen molar-refractivity contribution in [3.05, 3.63) is 24.3 Å². The van der Waals surface area contributed by atoms with E-state index in [1.807, 2.05) is 0 Å². The van der Waals surface area contributed by atoms with E-state index in [0.29, 0.717) is 18.6 Å². The van der Waals surface area contributed by atoms with Crippen LogP contribution in [0.1, 0.15) is 25.7 Å². The summed E-state index contributed by atoms with van der Waals surface area (Å²) in [4.78, 5) is 10.8. The van der Waals surface area contributed by atoms with E-state index < -0.39 is 5.97 Å². The highest BCUT2D eigenvalue weighted by Crippen LogP contribution is 2.31. The van der Waals surface area contributed by atoms with Gasteiger partial charge in [0.2, 0.25) is 0 Å². The minimum absolute atomic E-state index is 0.0129. The third-order valence-corrected chi connectivity index (χ3v) is 3.18. The summed E-state index contributed by atoms with van der Waals surface area (Å²) in [5.41, 5.74) is 0. The smallest absolute Gasteiger partial charge is 0.306 e. The summed E-state index contributed by atoms with van der Waals surface area (Å²) < 4.78 is 5.67. The molecule has 0 spiro atoms. The van der Waals surface area contributed by atoms with Gasteiger partial charge in [-0.2, -0.15) is 0 Å². The average molecular weight is 236 g/mol. The van der Waals surface area contributed by atoms with Gasteiger partial charge in [-0.1, -0.05) is 12.1 Å². The third kappa shape index (κ3) is 2.90. The van der Waals surface area contributed by atoms with Gasteiger partial charge in [-0.25, -0.2) is 0 Å². The van der Waals surface area contributed by atoms with E-state index in [2.05, 4.69) is 0 Å². The number of carboxylic acids is 1. The number of hydrogen-bond acceptors (Lipinski definition) is 3. The van der Waals surface area contributed by atoms with Gasteiger partial charge in [0.1, 0.15) is 0 Å². The lowest BCUT2D eigenvalue weighted by molar-refractivity contribution is -0.143. The molecule has 0 amide bonds. The highest BCUT2D eigenvalue weighted by Gasteiger charge is 2.27. The van der Waals surface area contributed by atoms with Crippen molar-refractivity contribution in [2.75, 3.05) is 0 Å². The van der Waals surface area contributed by atoms with Gasteiger partial charge in [0.05, 0.1) is 12.0 Å². The molecule has 1 fully saturated rings. The lowest BCUT2D eigenvalue weighted by atomic mass is 9.87. The Balaban J connectivity index is 1.90. The highest BCUT2D eigenvalue weighted by molar-refractivity contribution is 5.70. The van der Waals surface area contributed by atoms with Crippen LogP contribution in [0, 0.1) is 5.92 Å². The lowest BCUT2D eigenvalue weighted by Crippen LogP contribution is -2.27. The summed E-state index contributed by atoms with van der Waals surface area (Å²) in [5.74, 6) is -0.343. The second kappa shape index (κ2) is 5.08. The molecule has 1 aliphatic carbocycles. The quantitative estimate of drug-likeness (QED) is 0.845. The van der Waals surface area contributed by atoms with Gasteiger partial charge >= 0.3 is 5.97 Å². The number of carboxylic acid groups (broad SMARTS) is 1. The van der Waals surface area contributed by atoms with Crippen LogP contribution in [0.15, 0.2) is 24.3 Å². The summed E-state index contributed by atoms with van der Waals surface area (Å²) in [6, 6.07) is 6.85. The zero-order valence-electron chi connectivity index (χ0n) is 9.50. The molecule has 0 bridgehead atoms. The molecule has 1 aromatic carbocycles. The molecule has 4 nitrogen and oxygen atoms in total. The Morgan fingerprint density at radius 1 is 1.18 bits per heavy atom. The molecule has 0 saturated heterocycles. The molecular weight excluding hydrogens is 220 g/mol. The molecule has 2 N–H and O–H groups in total. The predicted molar refractivity (Wildman–Crippen MR) is 62.1 cm³/mol. The number of para-hydroxylation sites is 2. The first-order valence-electron chi connectivity index (χ1n) is 5.84. The van der Waals surface area contributed by atoms with Crippen LogP contribution >= 0.6 is 0 Å². The number of aromatic hydroxyl groups is 1. The molecule has 0 aliphatic heterocycles.